The number of benzene rings is 2. The lowest BCUT2D eigenvalue weighted by molar-refractivity contribution is 0.0959. The van der Waals surface area contributed by atoms with Gasteiger partial charge >= 0.3 is 6.03 Å². The standard InChI is InChI=1S/C32H40F2N6O5S.ClH/c1-4-6-15-40(32(42)37-29-18-26(31(41)35-3)27(33)19-28(29)34)24-13-16-39(17-14-24)21-22-7-12-30(36-20-22)45-25-10-8-23(9-11-25)38-46(43,44)5-2;/h7-12,18-20,24,38H,4-6,13-17,21H2,1-3H3,(H,35,41)(H,37,42);1H. The number of rotatable bonds is 13. The van der Waals surface area contributed by atoms with Crippen LogP contribution in [0.3, 0.4) is 0 Å². The fourth-order valence-electron chi connectivity index (χ4n) is 5.09. The molecule has 0 aliphatic carbocycles. The Morgan fingerprint density at radius 3 is 2.34 bits per heavy atom. The van der Waals surface area contributed by atoms with Gasteiger partial charge in [-0.1, -0.05) is 19.4 Å². The zero-order chi connectivity index (χ0) is 33.3. The minimum Gasteiger partial charge on any atom is -0.439 e. The fraction of sp³-hybridized carbons (Fsp3) is 0.406. The Labute approximate surface area is 280 Å². The van der Waals surface area contributed by atoms with Crippen LogP contribution in [0.2, 0.25) is 0 Å². The largest absolute Gasteiger partial charge is 0.439 e. The molecule has 3 aromatic rings. The van der Waals surface area contributed by atoms with E-state index in [1.807, 2.05) is 13.0 Å². The fourth-order valence-corrected chi connectivity index (χ4v) is 5.73. The normalized spacial score (nSPS) is 13.7. The van der Waals surface area contributed by atoms with Crippen molar-refractivity contribution in [2.24, 2.45) is 0 Å². The Balaban J connectivity index is 0.00000600. The summed E-state index contributed by atoms with van der Waals surface area (Å²) in [7, 11) is -2.01. The molecule has 1 aliphatic heterocycles. The van der Waals surface area contributed by atoms with Crippen LogP contribution in [-0.4, -0.2) is 73.6 Å². The van der Waals surface area contributed by atoms with Gasteiger partial charge in [-0.05, 0) is 62.1 Å². The Kier molecular flexibility index (Phi) is 13.7. The highest BCUT2D eigenvalue weighted by molar-refractivity contribution is 7.92. The second-order valence-electron chi connectivity index (χ2n) is 11.0. The van der Waals surface area contributed by atoms with Crippen LogP contribution in [0.4, 0.5) is 25.0 Å². The number of nitrogens with zero attached hydrogens (tertiary/aromatic N) is 3. The van der Waals surface area contributed by atoms with E-state index in [-0.39, 0.29) is 35.5 Å². The molecule has 1 aliphatic rings. The van der Waals surface area contributed by atoms with E-state index < -0.39 is 33.6 Å². The molecule has 1 aromatic heterocycles. The number of piperidine rings is 1. The summed E-state index contributed by atoms with van der Waals surface area (Å²) in [6.45, 7) is 6.21. The van der Waals surface area contributed by atoms with Gasteiger partial charge in [0.2, 0.25) is 15.9 Å². The minimum absolute atomic E-state index is 0. The van der Waals surface area contributed by atoms with Crippen LogP contribution in [0.1, 0.15) is 55.5 Å². The van der Waals surface area contributed by atoms with Crippen molar-refractivity contribution in [2.75, 3.05) is 42.5 Å². The van der Waals surface area contributed by atoms with Crippen LogP contribution < -0.4 is 20.1 Å². The zero-order valence-corrected chi connectivity index (χ0v) is 28.2. The number of likely N-dealkylation sites (tertiary alicyclic amines) is 1. The maximum absolute atomic E-state index is 14.5. The van der Waals surface area contributed by atoms with Gasteiger partial charge in [0.15, 0.2) is 0 Å². The minimum atomic E-state index is -3.36. The number of pyridine rings is 1. The summed E-state index contributed by atoms with van der Waals surface area (Å²) < 4.78 is 60.4. The monoisotopic (exact) mass is 694 g/mol. The van der Waals surface area contributed by atoms with Crippen LogP contribution in [0, 0.1) is 11.6 Å². The molecule has 1 fully saturated rings. The van der Waals surface area contributed by atoms with Crippen LogP contribution in [0.15, 0.2) is 54.7 Å². The molecule has 0 atom stereocenters. The molecule has 0 unspecified atom stereocenters. The van der Waals surface area contributed by atoms with Crippen molar-refractivity contribution in [3.63, 3.8) is 0 Å². The molecule has 1 saturated heterocycles. The number of urea groups is 1. The maximum Gasteiger partial charge on any atom is 0.322 e. The van der Waals surface area contributed by atoms with Crippen molar-refractivity contribution in [1.82, 2.24) is 20.1 Å². The van der Waals surface area contributed by atoms with E-state index in [1.54, 1.807) is 48.4 Å². The number of aromatic nitrogens is 1. The first-order chi connectivity index (χ1) is 22.0. The molecule has 0 bridgehead atoms. The molecule has 0 spiro atoms. The molecule has 2 heterocycles. The number of anilines is 2. The van der Waals surface area contributed by atoms with E-state index in [4.69, 9.17) is 4.74 Å². The number of halogens is 3. The summed E-state index contributed by atoms with van der Waals surface area (Å²) >= 11 is 0. The van der Waals surface area contributed by atoms with Crippen molar-refractivity contribution < 1.29 is 31.5 Å². The molecule has 3 amide bonds. The molecule has 47 heavy (non-hydrogen) atoms. The summed E-state index contributed by atoms with van der Waals surface area (Å²) in [4.78, 5) is 33.7. The van der Waals surface area contributed by atoms with E-state index >= 15 is 0 Å². The first kappa shape index (κ1) is 37.4. The van der Waals surface area contributed by atoms with Gasteiger partial charge in [-0.2, -0.15) is 0 Å². The average molecular weight is 695 g/mol. The van der Waals surface area contributed by atoms with Gasteiger partial charge in [0, 0.05) is 63.3 Å². The molecular weight excluding hydrogens is 654 g/mol. The second kappa shape index (κ2) is 17.2. The van der Waals surface area contributed by atoms with Crippen molar-refractivity contribution in [3.8, 4) is 11.6 Å². The molecule has 0 saturated carbocycles. The number of hydrogen-bond acceptors (Lipinski definition) is 7. The van der Waals surface area contributed by atoms with E-state index in [0.717, 1.165) is 37.6 Å². The van der Waals surface area contributed by atoms with Crippen LogP contribution in [0.25, 0.3) is 0 Å². The predicted molar refractivity (Wildman–Crippen MR) is 180 cm³/mol. The molecule has 0 radical (unpaired) electrons. The van der Waals surface area contributed by atoms with E-state index in [2.05, 4.69) is 25.2 Å². The first-order valence-electron chi connectivity index (χ1n) is 15.3. The van der Waals surface area contributed by atoms with Gasteiger partial charge in [-0.25, -0.2) is 27.0 Å². The van der Waals surface area contributed by atoms with E-state index in [0.29, 0.717) is 49.3 Å². The first-order valence-corrected chi connectivity index (χ1v) is 16.9. The molecular formula is C32H41ClF2N6O5S. The lowest BCUT2D eigenvalue weighted by atomic mass is 10.0. The zero-order valence-electron chi connectivity index (χ0n) is 26.6. The lowest BCUT2D eigenvalue weighted by Crippen LogP contribution is -2.49. The van der Waals surface area contributed by atoms with E-state index in [9.17, 15) is 26.8 Å². The third-order valence-corrected chi connectivity index (χ3v) is 9.02. The average Bonchev–Trinajstić information content (AvgIpc) is 3.04. The molecule has 3 N–H and O–H groups in total. The second-order valence-corrected chi connectivity index (χ2v) is 13.0. The predicted octanol–water partition coefficient (Wildman–Crippen LogP) is 5.99. The van der Waals surface area contributed by atoms with Crippen molar-refractivity contribution in [2.45, 2.75) is 52.1 Å². The van der Waals surface area contributed by atoms with Gasteiger partial charge in [-0.15, -0.1) is 12.4 Å². The Bertz CT molecular complexity index is 1610. The third-order valence-electron chi connectivity index (χ3n) is 7.72. The highest BCUT2D eigenvalue weighted by Crippen LogP contribution is 2.25. The van der Waals surface area contributed by atoms with Crippen molar-refractivity contribution >= 4 is 45.7 Å². The summed E-state index contributed by atoms with van der Waals surface area (Å²) in [5.41, 5.74) is 0.846. The molecule has 15 heteroatoms. The van der Waals surface area contributed by atoms with Crippen molar-refractivity contribution in [3.05, 3.63) is 77.5 Å². The number of carbonyl (C=O) groups is 2. The number of carbonyl (C=O) groups excluding carboxylic acids is 2. The van der Waals surface area contributed by atoms with E-state index in [1.165, 1.54) is 7.05 Å². The summed E-state index contributed by atoms with van der Waals surface area (Å²) in [6, 6.07) is 11.3. The topological polar surface area (TPSA) is 133 Å². The number of amides is 3. The highest BCUT2D eigenvalue weighted by Gasteiger charge is 2.29. The Morgan fingerprint density at radius 1 is 1.04 bits per heavy atom. The van der Waals surface area contributed by atoms with Gasteiger partial charge < -0.3 is 20.3 Å². The molecule has 4 rings (SSSR count). The lowest BCUT2D eigenvalue weighted by Gasteiger charge is -2.38. The molecule has 2 aromatic carbocycles. The smallest absolute Gasteiger partial charge is 0.322 e. The number of sulfonamides is 1. The van der Waals surface area contributed by atoms with Crippen LogP contribution in [-0.2, 0) is 16.6 Å². The quantitative estimate of drug-likeness (QED) is 0.200. The van der Waals surface area contributed by atoms with Gasteiger partial charge in [0.1, 0.15) is 17.4 Å². The summed E-state index contributed by atoms with van der Waals surface area (Å²) in [6.07, 6.45) is 4.81. The third kappa shape index (κ3) is 10.5. The SMILES string of the molecule is CCCCN(C(=O)Nc1cc(C(=O)NC)c(F)cc1F)C1CCN(Cc2ccc(Oc3ccc(NS(=O)(=O)CC)cc3)nc2)CC1.Cl. The number of nitrogens with one attached hydrogen (secondary N) is 3. The summed E-state index contributed by atoms with van der Waals surface area (Å²) in [5, 5.41) is 4.87. The highest BCUT2D eigenvalue weighted by atomic mass is 35.5. The van der Waals surface area contributed by atoms with Crippen LogP contribution in [0.5, 0.6) is 11.6 Å². The van der Waals surface area contributed by atoms with Gasteiger partial charge in [0.25, 0.3) is 5.91 Å². The van der Waals surface area contributed by atoms with Gasteiger partial charge in [-0.3, -0.25) is 14.4 Å². The number of hydrogen-bond donors (Lipinski definition) is 3. The number of ether oxygens (including phenoxy) is 1. The molecule has 11 nitrogen and oxygen atoms in total. The van der Waals surface area contributed by atoms with Crippen LogP contribution >= 0.6 is 12.4 Å². The Hall–Kier alpha value is -4.01. The number of unbranched alkanes of at least 4 members (excludes halogenated alkanes) is 1. The maximum atomic E-state index is 14.5. The summed E-state index contributed by atoms with van der Waals surface area (Å²) in [5.74, 6) is -1.77. The molecule has 256 valence electrons. The van der Waals surface area contributed by atoms with Gasteiger partial charge in [0.05, 0.1) is 17.0 Å². The Morgan fingerprint density at radius 2 is 1.74 bits per heavy atom. The van der Waals surface area contributed by atoms with Crippen molar-refractivity contribution in [1.29, 1.82) is 0 Å².